The van der Waals surface area contributed by atoms with Crippen molar-refractivity contribution in [1.29, 1.82) is 0 Å². The van der Waals surface area contributed by atoms with E-state index in [1.165, 1.54) is 0 Å². The molecule has 0 aliphatic carbocycles. The Kier molecular flexibility index (Phi) is 2.76. The van der Waals surface area contributed by atoms with Crippen molar-refractivity contribution in [1.82, 2.24) is 9.97 Å². The number of nitrogens with zero attached hydrogens (tertiary/aromatic N) is 2. The highest BCUT2D eigenvalue weighted by Gasteiger charge is 2.17. The molecule has 0 N–H and O–H groups in total. The van der Waals surface area contributed by atoms with E-state index in [0.29, 0.717) is 5.88 Å². The van der Waals surface area contributed by atoms with Crippen molar-refractivity contribution in [2.75, 3.05) is 7.11 Å². The summed E-state index contributed by atoms with van der Waals surface area (Å²) in [6, 6.07) is 1.80. The first-order valence-electron chi connectivity index (χ1n) is 4.02. The fraction of sp³-hybridized carbons (Fsp3) is 0.556. The van der Waals surface area contributed by atoms with E-state index in [9.17, 15) is 0 Å². The van der Waals surface area contributed by atoms with Gasteiger partial charge < -0.3 is 4.74 Å². The van der Waals surface area contributed by atoms with Gasteiger partial charge in [0.2, 0.25) is 11.2 Å². The Hall–Kier alpha value is -0.830. The lowest BCUT2D eigenvalue weighted by molar-refractivity contribution is 0.393. The van der Waals surface area contributed by atoms with Gasteiger partial charge >= 0.3 is 0 Å². The third kappa shape index (κ3) is 2.56. The van der Waals surface area contributed by atoms with Crippen LogP contribution in [0.4, 0.5) is 0 Å². The predicted molar refractivity (Wildman–Crippen MR) is 52.3 cm³/mol. The SMILES string of the molecule is COc1cc(C(C)(C)C)nc(Cl)n1. The predicted octanol–water partition coefficient (Wildman–Crippen LogP) is 2.44. The highest BCUT2D eigenvalue weighted by Crippen LogP contribution is 2.23. The van der Waals surface area contributed by atoms with Gasteiger partial charge in [-0.15, -0.1) is 0 Å². The lowest BCUT2D eigenvalue weighted by Gasteiger charge is -2.17. The standard InChI is InChI=1S/C9H13ClN2O/c1-9(2,3)6-5-7(13-4)12-8(10)11-6/h5H,1-4H3. The zero-order valence-corrected chi connectivity index (χ0v) is 9.01. The third-order valence-electron chi connectivity index (χ3n) is 1.65. The quantitative estimate of drug-likeness (QED) is 0.654. The van der Waals surface area contributed by atoms with Crippen LogP contribution in [0.1, 0.15) is 26.5 Å². The van der Waals surface area contributed by atoms with E-state index in [-0.39, 0.29) is 10.7 Å². The number of aromatic nitrogens is 2. The van der Waals surface area contributed by atoms with Crippen LogP contribution >= 0.6 is 11.6 Å². The van der Waals surface area contributed by atoms with Crippen molar-refractivity contribution in [2.45, 2.75) is 26.2 Å². The second-order valence-electron chi connectivity index (χ2n) is 3.81. The van der Waals surface area contributed by atoms with Gasteiger partial charge in [-0.25, -0.2) is 4.98 Å². The summed E-state index contributed by atoms with van der Waals surface area (Å²) < 4.78 is 5.00. The van der Waals surface area contributed by atoms with Gasteiger partial charge in [-0.3, -0.25) is 0 Å². The van der Waals surface area contributed by atoms with Crippen LogP contribution in [0.3, 0.4) is 0 Å². The van der Waals surface area contributed by atoms with Crippen LogP contribution < -0.4 is 4.74 Å². The van der Waals surface area contributed by atoms with Crippen LogP contribution in [0.2, 0.25) is 5.28 Å². The second-order valence-corrected chi connectivity index (χ2v) is 4.15. The summed E-state index contributed by atoms with van der Waals surface area (Å²) in [7, 11) is 1.56. The zero-order valence-electron chi connectivity index (χ0n) is 8.26. The average molecular weight is 201 g/mol. The van der Waals surface area contributed by atoms with Crippen LogP contribution in [0.5, 0.6) is 5.88 Å². The van der Waals surface area contributed by atoms with Gasteiger partial charge in [-0.05, 0) is 11.6 Å². The summed E-state index contributed by atoms with van der Waals surface area (Å²) in [4.78, 5) is 8.03. The maximum atomic E-state index is 5.73. The maximum absolute atomic E-state index is 5.73. The van der Waals surface area contributed by atoms with E-state index in [1.54, 1.807) is 13.2 Å². The Morgan fingerprint density at radius 1 is 1.31 bits per heavy atom. The minimum atomic E-state index is -0.0418. The van der Waals surface area contributed by atoms with Crippen LogP contribution in [-0.4, -0.2) is 17.1 Å². The van der Waals surface area contributed by atoms with Crippen molar-refractivity contribution in [3.63, 3.8) is 0 Å². The molecule has 4 heteroatoms. The van der Waals surface area contributed by atoms with E-state index in [0.717, 1.165) is 5.69 Å². The number of ether oxygens (including phenoxy) is 1. The number of hydrogen-bond acceptors (Lipinski definition) is 3. The number of methoxy groups -OCH3 is 1. The van der Waals surface area contributed by atoms with Crippen LogP contribution in [0.15, 0.2) is 6.07 Å². The van der Waals surface area contributed by atoms with Crippen molar-refractivity contribution in [3.8, 4) is 5.88 Å². The first-order chi connectivity index (χ1) is 5.93. The maximum Gasteiger partial charge on any atom is 0.225 e. The molecule has 1 aromatic rings. The average Bonchev–Trinajstić information content (AvgIpc) is 2.01. The van der Waals surface area contributed by atoms with Gasteiger partial charge in [-0.1, -0.05) is 20.8 Å². The van der Waals surface area contributed by atoms with E-state index in [2.05, 4.69) is 30.7 Å². The Balaban J connectivity index is 3.16. The fourth-order valence-corrected chi connectivity index (χ4v) is 1.06. The Morgan fingerprint density at radius 2 is 1.92 bits per heavy atom. The summed E-state index contributed by atoms with van der Waals surface area (Å²) in [6.07, 6.45) is 0. The zero-order chi connectivity index (χ0) is 10.1. The monoisotopic (exact) mass is 200 g/mol. The van der Waals surface area contributed by atoms with Gasteiger partial charge in [0.1, 0.15) is 0 Å². The molecule has 1 heterocycles. The van der Waals surface area contributed by atoms with E-state index >= 15 is 0 Å². The molecule has 0 atom stereocenters. The van der Waals surface area contributed by atoms with Gasteiger partial charge in [0.15, 0.2) is 0 Å². The lowest BCUT2D eigenvalue weighted by Crippen LogP contribution is -2.14. The number of rotatable bonds is 1. The molecule has 0 fully saturated rings. The highest BCUT2D eigenvalue weighted by atomic mass is 35.5. The molecular weight excluding hydrogens is 188 g/mol. The first-order valence-corrected chi connectivity index (χ1v) is 4.40. The molecule has 0 spiro atoms. The molecule has 0 aliphatic rings. The van der Waals surface area contributed by atoms with Crippen molar-refractivity contribution in [2.24, 2.45) is 0 Å². The van der Waals surface area contributed by atoms with Gasteiger partial charge in [0.25, 0.3) is 0 Å². The molecule has 0 aliphatic heterocycles. The Morgan fingerprint density at radius 3 is 2.38 bits per heavy atom. The topological polar surface area (TPSA) is 35.0 Å². The summed E-state index contributed by atoms with van der Waals surface area (Å²) >= 11 is 5.73. The number of hydrogen-bond donors (Lipinski definition) is 0. The van der Waals surface area contributed by atoms with Crippen LogP contribution in [0.25, 0.3) is 0 Å². The van der Waals surface area contributed by atoms with Crippen molar-refractivity contribution in [3.05, 3.63) is 17.0 Å². The first kappa shape index (κ1) is 10.3. The second kappa shape index (κ2) is 3.50. The van der Waals surface area contributed by atoms with E-state index in [4.69, 9.17) is 16.3 Å². The van der Waals surface area contributed by atoms with Crippen molar-refractivity contribution < 1.29 is 4.74 Å². The smallest absolute Gasteiger partial charge is 0.225 e. The van der Waals surface area contributed by atoms with E-state index in [1.807, 2.05) is 0 Å². The largest absolute Gasteiger partial charge is 0.481 e. The minimum Gasteiger partial charge on any atom is -0.481 e. The Bertz CT molecular complexity index is 307. The highest BCUT2D eigenvalue weighted by molar-refractivity contribution is 6.28. The van der Waals surface area contributed by atoms with Crippen LogP contribution in [0, 0.1) is 0 Å². The van der Waals surface area contributed by atoms with Gasteiger partial charge in [0, 0.05) is 11.5 Å². The molecule has 72 valence electrons. The molecule has 1 rings (SSSR count). The van der Waals surface area contributed by atoms with Gasteiger partial charge in [-0.2, -0.15) is 4.98 Å². The summed E-state index contributed by atoms with van der Waals surface area (Å²) in [5, 5.41) is 0.226. The van der Waals surface area contributed by atoms with Crippen LogP contribution in [-0.2, 0) is 5.41 Å². The minimum absolute atomic E-state index is 0.0418. The summed E-state index contributed by atoms with van der Waals surface area (Å²) in [5.41, 5.74) is 0.837. The van der Waals surface area contributed by atoms with E-state index < -0.39 is 0 Å². The molecule has 0 saturated heterocycles. The molecular formula is C9H13ClN2O. The lowest BCUT2D eigenvalue weighted by atomic mass is 9.92. The third-order valence-corrected chi connectivity index (χ3v) is 1.82. The summed E-state index contributed by atoms with van der Waals surface area (Å²) in [5.74, 6) is 0.505. The molecule has 0 aromatic carbocycles. The number of halogens is 1. The molecule has 0 radical (unpaired) electrons. The van der Waals surface area contributed by atoms with Gasteiger partial charge in [0.05, 0.1) is 12.8 Å². The molecule has 1 aromatic heterocycles. The summed E-state index contributed by atoms with van der Waals surface area (Å²) in [6.45, 7) is 6.18. The molecule has 0 saturated carbocycles. The fourth-order valence-electron chi connectivity index (χ4n) is 0.886. The molecule has 0 bridgehead atoms. The Labute approximate surface area is 83.1 Å². The molecule has 3 nitrogen and oxygen atoms in total. The molecule has 0 amide bonds. The van der Waals surface area contributed by atoms with Crippen molar-refractivity contribution >= 4 is 11.6 Å². The molecule has 0 unspecified atom stereocenters. The molecule has 13 heavy (non-hydrogen) atoms. The normalized spacial score (nSPS) is 11.5.